The first-order valence-electron chi connectivity index (χ1n) is 4.79. The van der Waals surface area contributed by atoms with Crippen molar-refractivity contribution in [1.82, 2.24) is 0 Å². The van der Waals surface area contributed by atoms with Gasteiger partial charge in [0.1, 0.15) is 14.1 Å². The molecule has 4 heteroatoms. The minimum Gasteiger partial charge on any atom is -0.391 e. The molecule has 1 saturated heterocycles. The first kappa shape index (κ1) is 11.5. The van der Waals surface area contributed by atoms with E-state index in [0.717, 1.165) is 0 Å². The lowest BCUT2D eigenvalue weighted by Crippen LogP contribution is -2.31. The number of rotatable bonds is 3. The first-order valence-corrected chi connectivity index (χ1v) is 4.79. The van der Waals surface area contributed by atoms with Crippen LogP contribution in [0.4, 0.5) is 0 Å². The van der Waals surface area contributed by atoms with Crippen LogP contribution in [-0.2, 0) is 9.53 Å². The molecular weight excluding hydrogens is 179 g/mol. The van der Waals surface area contributed by atoms with Crippen molar-refractivity contribution in [2.75, 3.05) is 0 Å². The molecule has 0 saturated carbocycles. The smallest absolute Gasteiger partial charge is 0.142 e. The van der Waals surface area contributed by atoms with Crippen LogP contribution in [0, 0.1) is 11.8 Å². The number of hydrogen-bond acceptors (Lipinski definition) is 3. The first-order chi connectivity index (χ1) is 6.57. The molecule has 1 aliphatic rings. The summed E-state index contributed by atoms with van der Waals surface area (Å²) in [6.45, 7) is 3.99. The zero-order valence-electron chi connectivity index (χ0n) is 8.46. The molecule has 0 spiro atoms. The van der Waals surface area contributed by atoms with E-state index >= 15 is 0 Å². The lowest BCUT2D eigenvalue weighted by Gasteiger charge is -2.21. The van der Waals surface area contributed by atoms with Gasteiger partial charge in [0, 0.05) is 11.9 Å². The lowest BCUT2D eigenvalue weighted by molar-refractivity contribution is -0.104. The maximum atomic E-state index is 10.2. The molecule has 0 amide bonds. The Hall–Kier alpha value is -0.605. The van der Waals surface area contributed by atoms with E-state index in [1.165, 1.54) is 6.08 Å². The van der Waals surface area contributed by atoms with Crippen LogP contribution in [0.3, 0.4) is 0 Å². The molecule has 0 aromatic carbocycles. The van der Waals surface area contributed by atoms with Gasteiger partial charge in [-0.05, 0) is 12.0 Å². The zero-order valence-corrected chi connectivity index (χ0v) is 8.46. The molecule has 0 bridgehead atoms. The maximum absolute atomic E-state index is 10.2. The highest BCUT2D eigenvalue weighted by molar-refractivity contribution is 6.11. The Morgan fingerprint density at radius 1 is 1.50 bits per heavy atom. The fraction of sp³-hybridized carbons (Fsp3) is 0.700. The molecule has 3 nitrogen and oxygen atoms in total. The fourth-order valence-corrected chi connectivity index (χ4v) is 1.87. The minimum atomic E-state index is -0.656. The van der Waals surface area contributed by atoms with Crippen LogP contribution < -0.4 is 0 Å². The molecule has 1 aliphatic heterocycles. The highest BCUT2D eigenvalue weighted by atomic mass is 16.5. The van der Waals surface area contributed by atoms with Gasteiger partial charge in [0.25, 0.3) is 0 Å². The van der Waals surface area contributed by atoms with E-state index in [2.05, 4.69) is 0 Å². The predicted molar refractivity (Wildman–Crippen MR) is 54.0 cm³/mol. The van der Waals surface area contributed by atoms with Gasteiger partial charge in [0.15, 0.2) is 0 Å². The van der Waals surface area contributed by atoms with Gasteiger partial charge < -0.3 is 9.84 Å². The van der Waals surface area contributed by atoms with Crippen molar-refractivity contribution < 1.29 is 14.6 Å². The third-order valence-electron chi connectivity index (χ3n) is 2.57. The maximum Gasteiger partial charge on any atom is 0.142 e. The van der Waals surface area contributed by atoms with Crippen molar-refractivity contribution in [2.24, 2.45) is 11.8 Å². The summed E-state index contributed by atoms with van der Waals surface area (Å²) < 4.78 is 5.33. The predicted octanol–water partition coefficient (Wildman–Crippen LogP) is 0.268. The Morgan fingerprint density at radius 3 is 2.64 bits per heavy atom. The van der Waals surface area contributed by atoms with Crippen LogP contribution in [0.2, 0.25) is 0 Å². The normalized spacial score (nSPS) is 38.3. The van der Waals surface area contributed by atoms with E-state index in [1.54, 1.807) is 6.08 Å². The number of aldehydes is 1. The van der Waals surface area contributed by atoms with Crippen molar-refractivity contribution in [3.8, 4) is 0 Å². The van der Waals surface area contributed by atoms with Gasteiger partial charge >= 0.3 is 0 Å². The van der Waals surface area contributed by atoms with Crippen LogP contribution in [0.1, 0.15) is 13.8 Å². The number of hydrogen-bond donors (Lipinski definition) is 1. The molecule has 2 radical (unpaired) electrons. The number of carbonyl (C=O) groups excluding carboxylic acids is 1. The number of aliphatic hydroxyl groups excluding tert-OH is 1. The number of ether oxygens (including phenoxy) is 1. The van der Waals surface area contributed by atoms with Gasteiger partial charge in [0.2, 0.25) is 0 Å². The van der Waals surface area contributed by atoms with E-state index in [9.17, 15) is 9.90 Å². The van der Waals surface area contributed by atoms with E-state index in [-0.39, 0.29) is 17.9 Å². The second kappa shape index (κ2) is 4.76. The van der Waals surface area contributed by atoms with E-state index in [0.29, 0.717) is 6.29 Å². The summed E-state index contributed by atoms with van der Waals surface area (Å²) in [5.74, 6) is 0.223. The fourth-order valence-electron chi connectivity index (χ4n) is 1.87. The van der Waals surface area contributed by atoms with Crippen molar-refractivity contribution in [1.29, 1.82) is 0 Å². The molecule has 1 unspecified atom stereocenters. The molecule has 1 heterocycles. The number of allylic oxidation sites excluding steroid dienone is 1. The zero-order chi connectivity index (χ0) is 10.7. The molecule has 0 aromatic rings. The Labute approximate surface area is 85.5 Å². The average molecular weight is 194 g/mol. The van der Waals surface area contributed by atoms with Crippen LogP contribution in [0.25, 0.3) is 0 Å². The number of carbonyl (C=O) groups is 1. The average Bonchev–Trinajstić information content (AvgIpc) is 2.39. The molecule has 4 atom stereocenters. The van der Waals surface area contributed by atoms with Gasteiger partial charge in [-0.2, -0.15) is 0 Å². The Balaban J connectivity index is 2.74. The van der Waals surface area contributed by atoms with Crippen molar-refractivity contribution >= 4 is 14.1 Å². The SMILES string of the molecule is [B][C@@H]1O[C@H](/C=C/C=O)C(C(C)C)[C@@H]1O. The minimum absolute atomic E-state index is 0.0406. The highest BCUT2D eigenvalue weighted by Gasteiger charge is 2.40. The molecular formula is C10H15BO3. The van der Waals surface area contributed by atoms with Crippen LogP contribution in [0.5, 0.6) is 0 Å². The summed E-state index contributed by atoms with van der Waals surface area (Å²) in [7, 11) is 5.57. The van der Waals surface area contributed by atoms with Gasteiger partial charge in [-0.15, -0.1) is 0 Å². The summed E-state index contributed by atoms with van der Waals surface area (Å²) in [6, 6.07) is -0.649. The number of aliphatic hydroxyl groups is 1. The van der Waals surface area contributed by atoms with Crippen molar-refractivity contribution in [3.05, 3.63) is 12.2 Å². The molecule has 1 fully saturated rings. The molecule has 0 aliphatic carbocycles. The van der Waals surface area contributed by atoms with E-state index in [1.807, 2.05) is 13.8 Å². The van der Waals surface area contributed by atoms with E-state index < -0.39 is 12.1 Å². The topological polar surface area (TPSA) is 46.5 Å². The summed E-state index contributed by atoms with van der Waals surface area (Å²) in [5, 5.41) is 9.73. The second-order valence-corrected chi connectivity index (χ2v) is 3.90. The Kier molecular flexibility index (Phi) is 3.90. The van der Waals surface area contributed by atoms with Gasteiger partial charge in [-0.1, -0.05) is 19.9 Å². The van der Waals surface area contributed by atoms with Crippen molar-refractivity contribution in [2.45, 2.75) is 32.1 Å². The molecule has 76 valence electrons. The van der Waals surface area contributed by atoms with Gasteiger partial charge in [0.05, 0.1) is 12.2 Å². The van der Waals surface area contributed by atoms with Gasteiger partial charge in [-0.25, -0.2) is 0 Å². The Morgan fingerprint density at radius 2 is 2.14 bits per heavy atom. The highest BCUT2D eigenvalue weighted by Crippen LogP contribution is 2.32. The third-order valence-corrected chi connectivity index (χ3v) is 2.57. The van der Waals surface area contributed by atoms with Gasteiger partial charge in [-0.3, -0.25) is 4.79 Å². The van der Waals surface area contributed by atoms with E-state index in [4.69, 9.17) is 12.6 Å². The van der Waals surface area contributed by atoms with Crippen LogP contribution in [0.15, 0.2) is 12.2 Å². The molecule has 1 rings (SSSR count). The molecule has 14 heavy (non-hydrogen) atoms. The van der Waals surface area contributed by atoms with Crippen LogP contribution in [-0.4, -0.2) is 37.5 Å². The van der Waals surface area contributed by atoms with Crippen molar-refractivity contribution in [3.63, 3.8) is 0 Å². The second-order valence-electron chi connectivity index (χ2n) is 3.90. The summed E-state index contributed by atoms with van der Waals surface area (Å²) in [6.07, 6.45) is 2.80. The summed E-state index contributed by atoms with van der Waals surface area (Å²) in [5.41, 5.74) is 0. The lowest BCUT2D eigenvalue weighted by atomic mass is 9.81. The summed E-state index contributed by atoms with van der Waals surface area (Å²) in [4.78, 5) is 10.2. The monoisotopic (exact) mass is 194 g/mol. The molecule has 0 aromatic heterocycles. The quantitative estimate of drug-likeness (QED) is 0.398. The Bertz CT molecular complexity index is 227. The largest absolute Gasteiger partial charge is 0.391 e. The molecule has 1 N–H and O–H groups in total. The van der Waals surface area contributed by atoms with Crippen LogP contribution >= 0.6 is 0 Å². The third kappa shape index (κ3) is 2.25. The summed E-state index contributed by atoms with van der Waals surface area (Å²) >= 11 is 0. The standard InChI is InChI=1S/C10H15BO3/c1-6(2)8-7(4-3-5-12)14-10(11)9(8)13/h3-10,13H,1-2H3/b4-3+/t7-,8?,9+,10-/m1/s1.